The number of carbonyl (C=O) groups excluding carboxylic acids is 2. The van der Waals surface area contributed by atoms with E-state index in [1.54, 1.807) is 18.5 Å². The maximum Gasteiger partial charge on any atom is 0.270 e. The van der Waals surface area contributed by atoms with E-state index in [9.17, 15) is 9.59 Å². The second kappa shape index (κ2) is 8.60. The van der Waals surface area contributed by atoms with Crippen LogP contribution in [0.1, 0.15) is 41.9 Å². The maximum absolute atomic E-state index is 12.9. The van der Waals surface area contributed by atoms with E-state index in [0.29, 0.717) is 25.4 Å². The maximum atomic E-state index is 12.9. The molecule has 4 rings (SSSR count). The summed E-state index contributed by atoms with van der Waals surface area (Å²) >= 11 is 0. The van der Waals surface area contributed by atoms with Gasteiger partial charge >= 0.3 is 0 Å². The molecule has 0 aliphatic carbocycles. The lowest BCUT2D eigenvalue weighted by molar-refractivity contribution is -0.120. The Morgan fingerprint density at radius 1 is 1.45 bits per heavy atom. The first-order valence-corrected chi connectivity index (χ1v) is 10.1. The molecule has 0 saturated carbocycles. The van der Waals surface area contributed by atoms with Crippen molar-refractivity contribution in [2.45, 2.75) is 38.5 Å². The fourth-order valence-corrected chi connectivity index (χ4v) is 3.80. The zero-order valence-electron chi connectivity index (χ0n) is 16.5. The molecule has 0 aromatic carbocycles. The first-order valence-electron chi connectivity index (χ1n) is 10.1. The van der Waals surface area contributed by atoms with E-state index in [2.05, 4.69) is 20.7 Å². The van der Waals surface area contributed by atoms with Crippen LogP contribution in [0, 0.1) is 0 Å². The van der Waals surface area contributed by atoms with Crippen LogP contribution in [-0.4, -0.2) is 58.9 Å². The molecule has 0 bridgehead atoms. The number of rotatable bonds is 5. The number of aromatic nitrogens is 3. The van der Waals surface area contributed by atoms with Gasteiger partial charge in [0.05, 0.1) is 18.8 Å². The van der Waals surface area contributed by atoms with Crippen LogP contribution in [0.4, 0.5) is 5.69 Å². The second-order valence-electron chi connectivity index (χ2n) is 7.31. The molecule has 9 heteroatoms. The van der Waals surface area contributed by atoms with Gasteiger partial charge in [-0.25, -0.2) is 0 Å². The van der Waals surface area contributed by atoms with Gasteiger partial charge in [0.2, 0.25) is 5.91 Å². The molecule has 2 aliphatic rings. The van der Waals surface area contributed by atoms with Crippen LogP contribution in [0.15, 0.2) is 30.7 Å². The molecule has 2 aromatic rings. The van der Waals surface area contributed by atoms with E-state index in [0.717, 1.165) is 30.6 Å². The third-order valence-electron chi connectivity index (χ3n) is 5.32. The number of pyridine rings is 1. The van der Waals surface area contributed by atoms with Gasteiger partial charge in [0, 0.05) is 49.9 Å². The van der Waals surface area contributed by atoms with Crippen molar-refractivity contribution in [3.05, 3.63) is 42.0 Å². The van der Waals surface area contributed by atoms with Gasteiger partial charge < -0.3 is 20.3 Å². The van der Waals surface area contributed by atoms with Crippen LogP contribution < -0.4 is 15.5 Å². The Morgan fingerprint density at radius 2 is 2.34 bits per heavy atom. The molecule has 2 atom stereocenters. The van der Waals surface area contributed by atoms with Crippen LogP contribution >= 0.6 is 0 Å². The first-order chi connectivity index (χ1) is 14.1. The summed E-state index contributed by atoms with van der Waals surface area (Å²) in [6.45, 7) is 5.06. The molecule has 0 unspecified atom stereocenters. The minimum atomic E-state index is -0.239. The van der Waals surface area contributed by atoms with Crippen molar-refractivity contribution in [3.8, 4) is 0 Å². The van der Waals surface area contributed by atoms with E-state index < -0.39 is 0 Å². The summed E-state index contributed by atoms with van der Waals surface area (Å²) in [5, 5.41) is 10.2. The highest BCUT2D eigenvalue weighted by Crippen LogP contribution is 2.28. The lowest BCUT2D eigenvalue weighted by Gasteiger charge is -2.32. The number of piperazine rings is 1. The van der Waals surface area contributed by atoms with Gasteiger partial charge in [-0.1, -0.05) is 0 Å². The monoisotopic (exact) mass is 398 g/mol. The molecule has 2 aromatic heterocycles. The molecule has 2 N–H and O–H groups in total. The molecule has 9 nitrogen and oxygen atoms in total. The lowest BCUT2D eigenvalue weighted by Crippen LogP contribution is -2.47. The molecule has 154 valence electrons. The fraction of sp³-hybridized carbons (Fsp3) is 0.500. The molecule has 2 saturated heterocycles. The third kappa shape index (κ3) is 4.40. The Hall–Kier alpha value is -2.94. The highest BCUT2D eigenvalue weighted by Gasteiger charge is 2.30. The zero-order valence-corrected chi connectivity index (χ0v) is 16.5. The van der Waals surface area contributed by atoms with Crippen molar-refractivity contribution in [2.24, 2.45) is 0 Å². The average molecular weight is 398 g/mol. The Morgan fingerprint density at radius 3 is 3.14 bits per heavy atom. The number of nitrogens with one attached hydrogen (secondary N) is 2. The predicted molar refractivity (Wildman–Crippen MR) is 107 cm³/mol. The number of nitrogens with zero attached hydrogens (tertiary/aromatic N) is 4. The van der Waals surface area contributed by atoms with Gasteiger partial charge in [-0.05, 0) is 31.9 Å². The summed E-state index contributed by atoms with van der Waals surface area (Å²) in [5.41, 5.74) is 2.13. The van der Waals surface area contributed by atoms with Crippen molar-refractivity contribution in [2.75, 3.05) is 31.1 Å². The van der Waals surface area contributed by atoms with Gasteiger partial charge in [-0.3, -0.25) is 19.3 Å². The smallest absolute Gasteiger partial charge is 0.270 e. The van der Waals surface area contributed by atoms with Gasteiger partial charge in [0.15, 0.2) is 0 Å². The van der Waals surface area contributed by atoms with Gasteiger partial charge in [0.25, 0.3) is 5.91 Å². The zero-order chi connectivity index (χ0) is 20.2. The van der Waals surface area contributed by atoms with Crippen LogP contribution in [0.2, 0.25) is 0 Å². The number of aryl methyl sites for hydroxylation is 1. The van der Waals surface area contributed by atoms with Crippen molar-refractivity contribution in [1.82, 2.24) is 25.4 Å². The van der Waals surface area contributed by atoms with Crippen molar-refractivity contribution in [1.29, 1.82) is 0 Å². The topological polar surface area (TPSA) is 101 Å². The molecule has 2 fully saturated rings. The molecular weight excluding hydrogens is 372 g/mol. The van der Waals surface area contributed by atoms with E-state index in [1.807, 2.05) is 28.8 Å². The standard InChI is InChI=1S/C20H26N6O3/c1-2-26-12-14(11-23-26)19-16(4-3-9-29-19)24-20(28)17-10-15(5-6-21-17)25-8-7-22-18(27)13-25/h5-6,10-12,16,19H,2-4,7-9,13H2,1H3,(H,22,27)(H,24,28)/t16-,19+/m0/s1. The summed E-state index contributed by atoms with van der Waals surface area (Å²) < 4.78 is 7.81. The number of amides is 2. The second-order valence-corrected chi connectivity index (χ2v) is 7.31. The quantitative estimate of drug-likeness (QED) is 0.776. The number of carbonyl (C=O) groups is 2. The summed E-state index contributed by atoms with van der Waals surface area (Å²) in [7, 11) is 0. The van der Waals surface area contributed by atoms with E-state index >= 15 is 0 Å². The van der Waals surface area contributed by atoms with Crippen molar-refractivity contribution < 1.29 is 14.3 Å². The van der Waals surface area contributed by atoms with E-state index in [1.165, 1.54) is 0 Å². The van der Waals surface area contributed by atoms with E-state index in [-0.39, 0.29) is 30.5 Å². The Labute approximate surface area is 169 Å². The van der Waals surface area contributed by atoms with Crippen LogP contribution in [0.5, 0.6) is 0 Å². The predicted octanol–water partition coefficient (Wildman–Crippen LogP) is 0.884. The van der Waals surface area contributed by atoms with Gasteiger partial charge in [-0.2, -0.15) is 5.10 Å². The minimum absolute atomic E-state index is 0.0196. The lowest BCUT2D eigenvalue weighted by atomic mass is 9.98. The van der Waals surface area contributed by atoms with Crippen LogP contribution in [0.25, 0.3) is 0 Å². The average Bonchev–Trinajstić information content (AvgIpc) is 3.23. The Kier molecular flexibility index (Phi) is 5.75. The molecule has 29 heavy (non-hydrogen) atoms. The highest BCUT2D eigenvalue weighted by molar-refractivity contribution is 5.93. The molecule has 2 aliphatic heterocycles. The molecule has 0 spiro atoms. The number of hydrogen-bond donors (Lipinski definition) is 2. The Bertz CT molecular complexity index is 883. The summed E-state index contributed by atoms with van der Waals surface area (Å²) in [6, 6.07) is 3.42. The summed E-state index contributed by atoms with van der Waals surface area (Å²) in [5.74, 6) is -0.259. The Balaban J connectivity index is 1.47. The fourth-order valence-electron chi connectivity index (χ4n) is 3.80. The summed E-state index contributed by atoms with van der Waals surface area (Å²) in [4.78, 5) is 30.7. The number of anilines is 1. The van der Waals surface area contributed by atoms with Crippen LogP contribution in [0.3, 0.4) is 0 Å². The largest absolute Gasteiger partial charge is 0.371 e. The first kappa shape index (κ1) is 19.4. The van der Waals surface area contributed by atoms with Gasteiger partial charge in [-0.15, -0.1) is 0 Å². The SMILES string of the molecule is CCn1cc([C@H]2OCCC[C@@H]2NC(=O)c2cc(N3CCNC(=O)C3)ccn2)cn1. The number of hydrogen-bond acceptors (Lipinski definition) is 6. The van der Waals surface area contributed by atoms with Crippen molar-refractivity contribution >= 4 is 17.5 Å². The molecule has 2 amide bonds. The highest BCUT2D eigenvalue weighted by atomic mass is 16.5. The summed E-state index contributed by atoms with van der Waals surface area (Å²) in [6.07, 6.45) is 6.88. The third-order valence-corrected chi connectivity index (χ3v) is 5.32. The molecule has 4 heterocycles. The molecule has 0 radical (unpaired) electrons. The molecular formula is C20H26N6O3. The normalized spacial score (nSPS) is 22.2. The number of ether oxygens (including phenoxy) is 1. The van der Waals surface area contributed by atoms with Crippen molar-refractivity contribution in [3.63, 3.8) is 0 Å². The van der Waals surface area contributed by atoms with E-state index in [4.69, 9.17) is 4.74 Å². The van der Waals surface area contributed by atoms with Gasteiger partial charge in [0.1, 0.15) is 11.8 Å². The minimum Gasteiger partial charge on any atom is -0.371 e. The van der Waals surface area contributed by atoms with Crippen LogP contribution in [-0.2, 0) is 16.1 Å².